The third-order valence-corrected chi connectivity index (χ3v) is 3.21. The summed E-state index contributed by atoms with van der Waals surface area (Å²) in [5.41, 5.74) is 0.680. The molecule has 0 radical (unpaired) electrons. The molecule has 0 spiro atoms. The molecule has 2 rings (SSSR count). The van der Waals surface area contributed by atoms with Gasteiger partial charge < -0.3 is 0 Å². The summed E-state index contributed by atoms with van der Waals surface area (Å²) in [6.45, 7) is 2.09. The molecule has 0 saturated heterocycles. The predicted molar refractivity (Wildman–Crippen MR) is 66.3 cm³/mol. The fraction of sp³-hybridized carbons (Fsp3) is 0.333. The van der Waals surface area contributed by atoms with E-state index in [-0.39, 0.29) is 5.82 Å². The van der Waals surface area contributed by atoms with Gasteiger partial charge in [0.2, 0.25) is 5.16 Å². The highest BCUT2D eigenvalue weighted by Gasteiger charge is 2.06. The minimum Gasteiger partial charge on any atom is -0.262 e. The highest BCUT2D eigenvalue weighted by molar-refractivity contribution is 7.98. The van der Waals surface area contributed by atoms with Crippen LogP contribution in [0.15, 0.2) is 29.4 Å². The number of rotatable bonds is 5. The van der Waals surface area contributed by atoms with Crippen LogP contribution >= 0.6 is 11.8 Å². The zero-order valence-corrected chi connectivity index (χ0v) is 10.4. The number of aromatic nitrogens is 3. The van der Waals surface area contributed by atoms with Gasteiger partial charge in [0.25, 0.3) is 0 Å². The minimum absolute atomic E-state index is 0.177. The average Bonchev–Trinajstić information content (AvgIpc) is 2.76. The van der Waals surface area contributed by atoms with Crippen molar-refractivity contribution >= 4 is 11.8 Å². The highest BCUT2D eigenvalue weighted by Crippen LogP contribution is 2.20. The maximum Gasteiger partial charge on any atom is 0.208 e. The van der Waals surface area contributed by atoms with E-state index in [0.29, 0.717) is 16.5 Å². The van der Waals surface area contributed by atoms with Gasteiger partial charge in [0.15, 0.2) is 0 Å². The molecule has 2 aromatic rings. The minimum atomic E-state index is -0.177. The molecule has 5 heteroatoms. The Kier molecular flexibility index (Phi) is 4.14. The molecule has 3 nitrogen and oxygen atoms in total. The van der Waals surface area contributed by atoms with Crippen LogP contribution < -0.4 is 0 Å². The van der Waals surface area contributed by atoms with Crippen LogP contribution in [0.25, 0.3) is 0 Å². The smallest absolute Gasteiger partial charge is 0.208 e. The van der Waals surface area contributed by atoms with Crippen LogP contribution in [0.1, 0.15) is 24.7 Å². The van der Waals surface area contributed by atoms with E-state index in [1.807, 2.05) is 6.07 Å². The fourth-order valence-corrected chi connectivity index (χ4v) is 2.25. The van der Waals surface area contributed by atoms with Crippen LogP contribution in [-0.2, 0) is 12.2 Å². The first-order valence-electron chi connectivity index (χ1n) is 5.57. The SMILES string of the molecule is CCCc1nc(SCc2ccccc2F)n[nH]1. The van der Waals surface area contributed by atoms with Crippen LogP contribution in [-0.4, -0.2) is 15.2 Å². The Bertz CT molecular complexity index is 484. The first-order chi connectivity index (χ1) is 8.29. The Hall–Kier alpha value is -1.36. The Morgan fingerprint density at radius 3 is 2.94 bits per heavy atom. The zero-order chi connectivity index (χ0) is 12.1. The van der Waals surface area contributed by atoms with E-state index in [1.54, 1.807) is 12.1 Å². The Morgan fingerprint density at radius 1 is 1.35 bits per heavy atom. The molecule has 0 bridgehead atoms. The number of H-pyrrole nitrogens is 1. The van der Waals surface area contributed by atoms with Gasteiger partial charge in [-0.15, -0.1) is 5.10 Å². The number of nitrogens with zero attached hydrogens (tertiary/aromatic N) is 2. The summed E-state index contributed by atoms with van der Waals surface area (Å²) < 4.78 is 13.4. The molecule has 1 heterocycles. The molecule has 0 aliphatic rings. The molecule has 1 aromatic carbocycles. The van der Waals surface area contributed by atoms with E-state index in [4.69, 9.17) is 0 Å². The van der Waals surface area contributed by atoms with Gasteiger partial charge in [-0.05, 0) is 18.1 Å². The lowest BCUT2D eigenvalue weighted by Gasteiger charge is -1.99. The van der Waals surface area contributed by atoms with Crippen molar-refractivity contribution in [2.75, 3.05) is 0 Å². The van der Waals surface area contributed by atoms with Crippen molar-refractivity contribution < 1.29 is 4.39 Å². The van der Waals surface area contributed by atoms with Gasteiger partial charge in [-0.3, -0.25) is 5.10 Å². The molecule has 0 aliphatic carbocycles. The lowest BCUT2D eigenvalue weighted by molar-refractivity contribution is 0.617. The summed E-state index contributed by atoms with van der Waals surface area (Å²) in [7, 11) is 0. The summed E-state index contributed by atoms with van der Waals surface area (Å²) in [6, 6.07) is 6.77. The number of hydrogen-bond acceptors (Lipinski definition) is 3. The maximum atomic E-state index is 13.4. The first kappa shape index (κ1) is 12.1. The van der Waals surface area contributed by atoms with Gasteiger partial charge in [0, 0.05) is 12.2 Å². The summed E-state index contributed by atoms with van der Waals surface area (Å²) in [5, 5.41) is 7.64. The van der Waals surface area contributed by atoms with Crippen molar-refractivity contribution in [1.29, 1.82) is 0 Å². The van der Waals surface area contributed by atoms with E-state index in [1.165, 1.54) is 17.8 Å². The number of hydrogen-bond donors (Lipinski definition) is 1. The summed E-state index contributed by atoms with van der Waals surface area (Å²) in [4.78, 5) is 4.32. The highest BCUT2D eigenvalue weighted by atomic mass is 32.2. The topological polar surface area (TPSA) is 41.6 Å². The predicted octanol–water partition coefficient (Wildman–Crippen LogP) is 3.19. The molecule has 0 amide bonds. The van der Waals surface area contributed by atoms with E-state index in [9.17, 15) is 4.39 Å². The number of aromatic amines is 1. The van der Waals surface area contributed by atoms with Gasteiger partial charge >= 0.3 is 0 Å². The van der Waals surface area contributed by atoms with Crippen molar-refractivity contribution in [2.24, 2.45) is 0 Å². The fourth-order valence-electron chi connectivity index (χ4n) is 1.45. The first-order valence-corrected chi connectivity index (χ1v) is 6.55. The second-order valence-electron chi connectivity index (χ2n) is 3.69. The molecule has 0 atom stereocenters. The largest absolute Gasteiger partial charge is 0.262 e. The number of thioether (sulfide) groups is 1. The van der Waals surface area contributed by atoms with Crippen molar-refractivity contribution in [3.05, 3.63) is 41.5 Å². The van der Waals surface area contributed by atoms with Crippen LogP contribution in [0.2, 0.25) is 0 Å². The third kappa shape index (κ3) is 3.30. The number of halogens is 1. The lowest BCUT2D eigenvalue weighted by atomic mass is 10.2. The molecule has 17 heavy (non-hydrogen) atoms. The summed E-state index contributed by atoms with van der Waals surface area (Å²) in [6.07, 6.45) is 1.93. The van der Waals surface area contributed by atoms with Crippen molar-refractivity contribution in [1.82, 2.24) is 15.2 Å². The monoisotopic (exact) mass is 251 g/mol. The molecule has 0 saturated carbocycles. The number of benzene rings is 1. The van der Waals surface area contributed by atoms with Crippen molar-refractivity contribution in [2.45, 2.75) is 30.7 Å². The van der Waals surface area contributed by atoms with Crippen LogP contribution in [0.4, 0.5) is 4.39 Å². The number of nitrogens with one attached hydrogen (secondary N) is 1. The molecule has 0 fully saturated rings. The standard InChI is InChI=1S/C12H14FN3S/c1-2-5-11-14-12(16-15-11)17-8-9-6-3-4-7-10(9)13/h3-4,6-7H,2,5,8H2,1H3,(H,14,15,16). The van der Waals surface area contributed by atoms with E-state index >= 15 is 0 Å². The van der Waals surface area contributed by atoms with Crippen LogP contribution in [0, 0.1) is 5.82 Å². The van der Waals surface area contributed by atoms with E-state index < -0.39 is 0 Å². The summed E-state index contributed by atoms with van der Waals surface area (Å²) in [5.74, 6) is 1.27. The van der Waals surface area contributed by atoms with Crippen LogP contribution in [0.3, 0.4) is 0 Å². The Balaban J connectivity index is 1.95. The van der Waals surface area contributed by atoms with Gasteiger partial charge in [0.05, 0.1) is 0 Å². The van der Waals surface area contributed by atoms with E-state index in [2.05, 4.69) is 22.1 Å². The second kappa shape index (κ2) is 5.82. The second-order valence-corrected chi connectivity index (χ2v) is 4.64. The lowest BCUT2D eigenvalue weighted by Crippen LogP contribution is -1.87. The van der Waals surface area contributed by atoms with Gasteiger partial charge in [0.1, 0.15) is 11.6 Å². The van der Waals surface area contributed by atoms with Crippen molar-refractivity contribution in [3.8, 4) is 0 Å². The molecule has 0 aliphatic heterocycles. The molecule has 90 valence electrons. The van der Waals surface area contributed by atoms with Gasteiger partial charge in [-0.25, -0.2) is 9.37 Å². The zero-order valence-electron chi connectivity index (χ0n) is 9.61. The number of aryl methyl sites for hydroxylation is 1. The van der Waals surface area contributed by atoms with Crippen molar-refractivity contribution in [3.63, 3.8) is 0 Å². The van der Waals surface area contributed by atoms with Gasteiger partial charge in [-0.1, -0.05) is 36.9 Å². The molecule has 0 unspecified atom stereocenters. The molecular weight excluding hydrogens is 237 g/mol. The average molecular weight is 251 g/mol. The van der Waals surface area contributed by atoms with E-state index in [0.717, 1.165) is 18.7 Å². The normalized spacial score (nSPS) is 10.7. The molecule has 1 N–H and O–H groups in total. The quantitative estimate of drug-likeness (QED) is 0.830. The Morgan fingerprint density at radius 2 is 2.18 bits per heavy atom. The molecule has 1 aromatic heterocycles. The third-order valence-electron chi connectivity index (χ3n) is 2.31. The maximum absolute atomic E-state index is 13.4. The van der Waals surface area contributed by atoms with Crippen LogP contribution in [0.5, 0.6) is 0 Å². The summed E-state index contributed by atoms with van der Waals surface area (Å²) >= 11 is 1.44. The Labute approximate surface area is 104 Å². The van der Waals surface area contributed by atoms with Gasteiger partial charge in [-0.2, -0.15) is 0 Å². The molecular formula is C12H14FN3S.